The number of nitrogens with two attached hydrogens (primary N) is 1. The zero-order chi connectivity index (χ0) is 12.3. The van der Waals surface area contributed by atoms with Crippen molar-refractivity contribution in [2.45, 2.75) is 6.54 Å². The Morgan fingerprint density at radius 2 is 2.12 bits per heavy atom. The summed E-state index contributed by atoms with van der Waals surface area (Å²) in [6.07, 6.45) is 1.57. The third-order valence-corrected chi connectivity index (χ3v) is 2.48. The number of nitrogens with zero attached hydrogens (tertiary/aromatic N) is 3. The van der Waals surface area contributed by atoms with Gasteiger partial charge in [0.1, 0.15) is 11.8 Å². The highest BCUT2D eigenvalue weighted by atomic mass is 16.5. The van der Waals surface area contributed by atoms with Crippen LogP contribution in [0.1, 0.15) is 11.3 Å². The first kappa shape index (κ1) is 11.0. The first-order valence-electron chi connectivity index (χ1n) is 5.08. The fourth-order valence-corrected chi connectivity index (χ4v) is 1.57. The predicted molar refractivity (Wildman–Crippen MR) is 63.5 cm³/mol. The monoisotopic (exact) mass is 228 g/mol. The Kier molecular flexibility index (Phi) is 2.97. The number of anilines is 1. The number of methoxy groups -OCH3 is 1. The van der Waals surface area contributed by atoms with Crippen LogP contribution in [-0.4, -0.2) is 16.7 Å². The number of hydrogen-bond acceptors (Lipinski definition) is 4. The van der Waals surface area contributed by atoms with Gasteiger partial charge in [-0.3, -0.25) is 0 Å². The number of nitrogen functional groups attached to an aromatic ring is 1. The van der Waals surface area contributed by atoms with Crippen LogP contribution < -0.4 is 10.5 Å². The molecule has 0 fully saturated rings. The second-order valence-corrected chi connectivity index (χ2v) is 3.57. The summed E-state index contributed by atoms with van der Waals surface area (Å²) < 4.78 is 6.80. The largest absolute Gasteiger partial charge is 0.497 e. The van der Waals surface area contributed by atoms with Crippen molar-refractivity contribution in [3.63, 3.8) is 0 Å². The van der Waals surface area contributed by atoms with Crippen LogP contribution in [0, 0.1) is 11.3 Å². The first-order chi connectivity index (χ1) is 8.24. The Morgan fingerprint density at radius 3 is 2.71 bits per heavy atom. The molecule has 1 aromatic carbocycles. The molecule has 17 heavy (non-hydrogen) atoms. The first-order valence-corrected chi connectivity index (χ1v) is 5.08. The lowest BCUT2D eigenvalue weighted by molar-refractivity contribution is 0.414. The van der Waals surface area contributed by atoms with E-state index in [1.54, 1.807) is 18.0 Å². The molecule has 2 N–H and O–H groups in total. The van der Waals surface area contributed by atoms with Crippen molar-refractivity contribution in [1.82, 2.24) is 9.55 Å². The average molecular weight is 228 g/mol. The van der Waals surface area contributed by atoms with E-state index in [9.17, 15) is 0 Å². The van der Waals surface area contributed by atoms with Crippen LogP contribution in [0.25, 0.3) is 0 Å². The van der Waals surface area contributed by atoms with E-state index in [-0.39, 0.29) is 5.82 Å². The number of hydrogen-bond donors (Lipinski definition) is 1. The third kappa shape index (κ3) is 2.21. The Morgan fingerprint density at radius 1 is 1.41 bits per heavy atom. The van der Waals surface area contributed by atoms with E-state index < -0.39 is 0 Å². The van der Waals surface area contributed by atoms with Gasteiger partial charge in [-0.2, -0.15) is 5.26 Å². The molecular formula is C12H12N4O. The molecule has 5 heteroatoms. The molecule has 0 aliphatic heterocycles. The van der Waals surface area contributed by atoms with Crippen LogP contribution in [-0.2, 0) is 6.54 Å². The van der Waals surface area contributed by atoms with Crippen LogP contribution in [0.4, 0.5) is 5.82 Å². The fourth-order valence-electron chi connectivity index (χ4n) is 1.57. The number of imidazole rings is 1. The lowest BCUT2D eigenvalue weighted by Gasteiger charge is -2.05. The van der Waals surface area contributed by atoms with E-state index >= 15 is 0 Å². The van der Waals surface area contributed by atoms with Crippen LogP contribution >= 0.6 is 0 Å². The Labute approximate surface area is 99.1 Å². The van der Waals surface area contributed by atoms with Crippen molar-refractivity contribution in [2.75, 3.05) is 12.8 Å². The minimum Gasteiger partial charge on any atom is -0.497 e. The summed E-state index contributed by atoms with van der Waals surface area (Å²) in [5.74, 6) is 1.07. The summed E-state index contributed by atoms with van der Waals surface area (Å²) >= 11 is 0. The standard InChI is InChI=1S/C12H12N4O/c1-17-10-4-2-9(3-5-10)7-16-8-15-12(14)11(16)6-13/h2-5,8H,7,14H2,1H3. The molecule has 1 heterocycles. The SMILES string of the molecule is COc1ccc(Cn2cnc(N)c2C#N)cc1. The topological polar surface area (TPSA) is 76.9 Å². The summed E-state index contributed by atoms with van der Waals surface area (Å²) in [4.78, 5) is 3.91. The molecule has 0 aliphatic rings. The third-order valence-electron chi connectivity index (χ3n) is 2.48. The number of ether oxygens (including phenoxy) is 1. The van der Waals surface area contributed by atoms with E-state index in [4.69, 9.17) is 15.7 Å². The molecule has 5 nitrogen and oxygen atoms in total. The molecule has 0 aliphatic carbocycles. The van der Waals surface area contributed by atoms with Gasteiger partial charge < -0.3 is 15.0 Å². The number of rotatable bonds is 3. The molecular weight excluding hydrogens is 216 g/mol. The second kappa shape index (κ2) is 4.58. The van der Waals surface area contributed by atoms with Gasteiger partial charge in [0.2, 0.25) is 0 Å². The summed E-state index contributed by atoms with van der Waals surface area (Å²) in [5, 5.41) is 8.94. The smallest absolute Gasteiger partial charge is 0.164 e. The lowest BCUT2D eigenvalue weighted by Crippen LogP contribution is -2.02. The van der Waals surface area contributed by atoms with Gasteiger partial charge in [0.05, 0.1) is 13.4 Å². The molecule has 0 radical (unpaired) electrons. The Balaban J connectivity index is 2.23. The number of nitriles is 1. The molecule has 86 valence electrons. The summed E-state index contributed by atoms with van der Waals surface area (Å²) in [6, 6.07) is 9.67. The molecule has 2 rings (SSSR count). The van der Waals surface area contributed by atoms with E-state index in [1.807, 2.05) is 30.3 Å². The second-order valence-electron chi connectivity index (χ2n) is 3.57. The summed E-state index contributed by atoms with van der Waals surface area (Å²) in [6.45, 7) is 0.567. The van der Waals surface area contributed by atoms with Gasteiger partial charge in [-0.15, -0.1) is 0 Å². The van der Waals surface area contributed by atoms with Gasteiger partial charge >= 0.3 is 0 Å². The molecule has 0 saturated heterocycles. The average Bonchev–Trinajstić information content (AvgIpc) is 2.71. The van der Waals surface area contributed by atoms with Crippen molar-refractivity contribution in [2.24, 2.45) is 0 Å². The molecule has 0 atom stereocenters. The molecule has 0 saturated carbocycles. The Hall–Kier alpha value is -2.48. The van der Waals surface area contributed by atoms with Crippen molar-refractivity contribution in [3.8, 4) is 11.8 Å². The highest BCUT2D eigenvalue weighted by Gasteiger charge is 2.07. The number of benzene rings is 1. The van der Waals surface area contributed by atoms with Gasteiger partial charge in [0.15, 0.2) is 11.5 Å². The van der Waals surface area contributed by atoms with Gasteiger partial charge in [-0.25, -0.2) is 4.98 Å². The maximum Gasteiger partial charge on any atom is 0.164 e. The van der Waals surface area contributed by atoms with E-state index in [0.717, 1.165) is 11.3 Å². The zero-order valence-corrected chi connectivity index (χ0v) is 9.42. The zero-order valence-electron chi connectivity index (χ0n) is 9.42. The van der Waals surface area contributed by atoms with Crippen molar-refractivity contribution < 1.29 is 4.74 Å². The van der Waals surface area contributed by atoms with Gasteiger partial charge in [0.25, 0.3) is 0 Å². The highest BCUT2D eigenvalue weighted by molar-refractivity contribution is 5.44. The predicted octanol–water partition coefficient (Wildman–Crippen LogP) is 1.39. The maximum absolute atomic E-state index is 8.94. The van der Waals surface area contributed by atoms with Crippen molar-refractivity contribution in [1.29, 1.82) is 5.26 Å². The highest BCUT2D eigenvalue weighted by Crippen LogP contribution is 2.14. The van der Waals surface area contributed by atoms with Gasteiger partial charge in [-0.1, -0.05) is 12.1 Å². The van der Waals surface area contributed by atoms with E-state index in [0.29, 0.717) is 12.2 Å². The van der Waals surface area contributed by atoms with Gasteiger partial charge in [-0.05, 0) is 17.7 Å². The molecule has 0 bridgehead atoms. The van der Waals surface area contributed by atoms with Crippen LogP contribution in [0.3, 0.4) is 0 Å². The van der Waals surface area contributed by atoms with Gasteiger partial charge in [0, 0.05) is 6.54 Å². The van der Waals surface area contributed by atoms with Crippen molar-refractivity contribution in [3.05, 3.63) is 41.9 Å². The van der Waals surface area contributed by atoms with E-state index in [2.05, 4.69) is 4.98 Å². The fraction of sp³-hybridized carbons (Fsp3) is 0.167. The quantitative estimate of drug-likeness (QED) is 0.861. The number of aromatic nitrogens is 2. The molecule has 0 amide bonds. The molecule has 2 aromatic rings. The minimum absolute atomic E-state index is 0.265. The van der Waals surface area contributed by atoms with Crippen LogP contribution in [0.15, 0.2) is 30.6 Å². The Bertz CT molecular complexity index is 551. The van der Waals surface area contributed by atoms with Crippen molar-refractivity contribution >= 4 is 5.82 Å². The van der Waals surface area contributed by atoms with E-state index in [1.165, 1.54) is 0 Å². The lowest BCUT2D eigenvalue weighted by atomic mass is 10.2. The molecule has 1 aromatic heterocycles. The van der Waals surface area contributed by atoms with Crippen LogP contribution in [0.2, 0.25) is 0 Å². The molecule has 0 spiro atoms. The molecule has 0 unspecified atom stereocenters. The summed E-state index contributed by atoms with van der Waals surface area (Å²) in [7, 11) is 1.62. The normalized spacial score (nSPS) is 9.88. The summed E-state index contributed by atoms with van der Waals surface area (Å²) in [5.41, 5.74) is 7.02. The van der Waals surface area contributed by atoms with Crippen LogP contribution in [0.5, 0.6) is 5.75 Å². The minimum atomic E-state index is 0.265. The maximum atomic E-state index is 8.94.